The van der Waals surface area contributed by atoms with Gasteiger partial charge >= 0.3 is 0 Å². The highest BCUT2D eigenvalue weighted by atomic mass is 28.3. The molecule has 1 spiro atoms. The van der Waals surface area contributed by atoms with Crippen molar-refractivity contribution >= 4 is 8.07 Å². The van der Waals surface area contributed by atoms with Crippen LogP contribution in [0.15, 0.2) is 0 Å². The van der Waals surface area contributed by atoms with Gasteiger partial charge in [-0.15, -0.1) is 0 Å². The molecule has 14 heavy (non-hydrogen) atoms. The van der Waals surface area contributed by atoms with Crippen LogP contribution in [0.5, 0.6) is 0 Å². The van der Waals surface area contributed by atoms with Crippen molar-refractivity contribution in [2.24, 2.45) is 5.92 Å². The molecule has 2 heterocycles. The van der Waals surface area contributed by atoms with Crippen LogP contribution in [0.4, 0.5) is 0 Å². The van der Waals surface area contributed by atoms with Crippen LogP contribution in [0.1, 0.15) is 33.1 Å². The second-order valence-electron chi connectivity index (χ2n) is 5.99. The minimum atomic E-state index is -0.782. The predicted molar refractivity (Wildman–Crippen MR) is 65.3 cm³/mol. The van der Waals surface area contributed by atoms with Crippen molar-refractivity contribution in [1.82, 2.24) is 4.90 Å². The zero-order valence-corrected chi connectivity index (χ0v) is 11.1. The predicted octanol–water partition coefficient (Wildman–Crippen LogP) is 3.13. The third-order valence-electron chi connectivity index (χ3n) is 4.48. The quantitative estimate of drug-likeness (QED) is 0.602. The first-order chi connectivity index (χ1) is 6.63. The van der Waals surface area contributed by atoms with Gasteiger partial charge in [0.25, 0.3) is 0 Å². The normalized spacial score (nSPS) is 33.0. The molecule has 1 nitrogen and oxygen atoms in total. The average Bonchev–Trinajstić information content (AvgIpc) is 2.44. The van der Waals surface area contributed by atoms with E-state index in [1.54, 1.807) is 31.0 Å². The minimum Gasteiger partial charge on any atom is -0.306 e. The molecule has 0 bridgehead atoms. The Morgan fingerprint density at radius 1 is 1.14 bits per heavy atom. The van der Waals surface area contributed by atoms with Crippen molar-refractivity contribution in [1.29, 1.82) is 0 Å². The Labute approximate surface area is 89.9 Å². The van der Waals surface area contributed by atoms with Crippen LogP contribution < -0.4 is 0 Å². The molecule has 0 saturated carbocycles. The summed E-state index contributed by atoms with van der Waals surface area (Å²) in [7, 11) is 1.58. The maximum Gasteiger partial charge on any atom is 0.0706 e. The first kappa shape index (κ1) is 10.7. The number of hydrogen-bond acceptors (Lipinski definition) is 1. The fourth-order valence-corrected chi connectivity index (χ4v) is 9.79. The fourth-order valence-electron chi connectivity index (χ4n) is 3.72. The zero-order valence-electron chi connectivity index (χ0n) is 10.1. The minimum absolute atomic E-state index is 0.782. The molecule has 2 rings (SSSR count). The van der Waals surface area contributed by atoms with Gasteiger partial charge in [0.1, 0.15) is 0 Å². The van der Waals surface area contributed by atoms with Crippen molar-refractivity contribution < 1.29 is 0 Å². The topological polar surface area (TPSA) is 3.24 Å². The smallest absolute Gasteiger partial charge is 0.0706 e. The van der Waals surface area contributed by atoms with Gasteiger partial charge in [0, 0.05) is 6.04 Å². The van der Waals surface area contributed by atoms with E-state index in [0.29, 0.717) is 0 Å². The summed E-state index contributed by atoms with van der Waals surface area (Å²) in [6, 6.07) is 5.81. The Hall–Kier alpha value is 0.177. The fraction of sp³-hybridized carbons (Fsp3) is 1.00. The van der Waals surface area contributed by atoms with Crippen LogP contribution in [-0.2, 0) is 0 Å². The lowest BCUT2D eigenvalue weighted by Gasteiger charge is -2.30. The zero-order chi connectivity index (χ0) is 10.2. The van der Waals surface area contributed by atoms with Crippen LogP contribution in [-0.4, -0.2) is 32.2 Å². The van der Waals surface area contributed by atoms with Crippen molar-refractivity contribution in [3.8, 4) is 0 Å². The summed E-state index contributed by atoms with van der Waals surface area (Å²) in [5.74, 6) is 0.869. The molecule has 2 saturated heterocycles. The Morgan fingerprint density at radius 3 is 2.29 bits per heavy atom. The molecule has 0 aliphatic carbocycles. The molecule has 2 heteroatoms. The van der Waals surface area contributed by atoms with Crippen LogP contribution in [0.2, 0.25) is 18.1 Å². The van der Waals surface area contributed by atoms with Crippen molar-refractivity contribution in [3.63, 3.8) is 0 Å². The Bertz CT molecular complexity index is 196. The van der Waals surface area contributed by atoms with E-state index in [0.717, 1.165) is 12.0 Å². The van der Waals surface area contributed by atoms with E-state index >= 15 is 0 Å². The molecule has 0 amide bonds. The van der Waals surface area contributed by atoms with Gasteiger partial charge in [-0.3, -0.25) is 0 Å². The standard InChI is InChI=1S/C12H25NSi/c1-11(2)12-9-14(10-13(12)3)7-5-4-6-8-14/h11-12H,4-10H2,1-3H3/t12-/m0/s1. The molecule has 0 N–H and O–H groups in total. The van der Waals surface area contributed by atoms with Crippen LogP contribution in [0.25, 0.3) is 0 Å². The summed E-state index contributed by atoms with van der Waals surface area (Å²) in [6.07, 6.45) is 6.12. The first-order valence-electron chi connectivity index (χ1n) is 6.33. The van der Waals surface area contributed by atoms with E-state index in [1.165, 1.54) is 12.6 Å². The average molecular weight is 211 g/mol. The highest BCUT2D eigenvalue weighted by Crippen LogP contribution is 2.40. The van der Waals surface area contributed by atoms with Gasteiger partial charge in [-0.25, -0.2) is 0 Å². The molecule has 2 aliphatic rings. The molecule has 0 radical (unpaired) electrons. The Balaban J connectivity index is 2.03. The molecular formula is C12H25NSi. The summed E-state index contributed by atoms with van der Waals surface area (Å²) in [5, 5.41) is 0. The van der Waals surface area contributed by atoms with Gasteiger partial charge < -0.3 is 4.90 Å². The molecule has 82 valence electrons. The van der Waals surface area contributed by atoms with Gasteiger partial charge in [0.2, 0.25) is 0 Å². The summed E-state index contributed by atoms with van der Waals surface area (Å²) in [4.78, 5) is 2.68. The lowest BCUT2D eigenvalue weighted by molar-refractivity contribution is 0.258. The van der Waals surface area contributed by atoms with Gasteiger partial charge in [0.15, 0.2) is 0 Å². The second-order valence-corrected chi connectivity index (χ2v) is 10.7. The molecule has 2 fully saturated rings. The summed E-state index contributed by atoms with van der Waals surface area (Å²) in [6.45, 7) is 4.80. The number of rotatable bonds is 1. The Kier molecular flexibility index (Phi) is 3.03. The molecular weight excluding hydrogens is 186 g/mol. The number of hydrogen-bond donors (Lipinski definition) is 0. The first-order valence-corrected chi connectivity index (χ1v) is 9.16. The van der Waals surface area contributed by atoms with E-state index in [2.05, 4.69) is 25.8 Å². The van der Waals surface area contributed by atoms with Crippen molar-refractivity contribution in [2.75, 3.05) is 13.2 Å². The van der Waals surface area contributed by atoms with Gasteiger partial charge in [-0.2, -0.15) is 0 Å². The van der Waals surface area contributed by atoms with E-state index in [1.807, 2.05) is 0 Å². The molecule has 1 atom stereocenters. The third-order valence-corrected chi connectivity index (χ3v) is 9.76. The van der Waals surface area contributed by atoms with E-state index < -0.39 is 8.07 Å². The lowest BCUT2D eigenvalue weighted by Crippen LogP contribution is -2.39. The summed E-state index contributed by atoms with van der Waals surface area (Å²) in [5.41, 5.74) is 0. The molecule has 0 unspecified atom stereocenters. The molecule has 0 aromatic carbocycles. The highest BCUT2D eigenvalue weighted by Gasteiger charge is 2.45. The lowest BCUT2D eigenvalue weighted by atomic mass is 10.1. The monoisotopic (exact) mass is 211 g/mol. The van der Waals surface area contributed by atoms with E-state index in [4.69, 9.17) is 0 Å². The molecule has 2 aliphatic heterocycles. The van der Waals surface area contributed by atoms with Crippen LogP contribution in [0.3, 0.4) is 0 Å². The van der Waals surface area contributed by atoms with Gasteiger partial charge in [0.05, 0.1) is 8.07 Å². The Morgan fingerprint density at radius 2 is 1.79 bits per heavy atom. The summed E-state index contributed by atoms with van der Waals surface area (Å²) >= 11 is 0. The van der Waals surface area contributed by atoms with Gasteiger partial charge in [-0.1, -0.05) is 45.2 Å². The van der Waals surface area contributed by atoms with Crippen LogP contribution >= 0.6 is 0 Å². The largest absolute Gasteiger partial charge is 0.306 e. The molecule has 0 aromatic rings. The van der Waals surface area contributed by atoms with E-state index in [-0.39, 0.29) is 0 Å². The maximum absolute atomic E-state index is 2.68. The third kappa shape index (κ3) is 1.92. The van der Waals surface area contributed by atoms with Crippen LogP contribution in [0, 0.1) is 5.92 Å². The number of nitrogens with zero attached hydrogens (tertiary/aromatic N) is 1. The summed E-state index contributed by atoms with van der Waals surface area (Å²) < 4.78 is 0. The SMILES string of the molecule is CC(C)[C@@H]1C[Si]2(CCCCC2)CN1C. The maximum atomic E-state index is 2.68. The van der Waals surface area contributed by atoms with Crippen molar-refractivity contribution in [2.45, 2.75) is 57.3 Å². The molecule has 0 aromatic heterocycles. The second kappa shape index (κ2) is 3.97. The van der Waals surface area contributed by atoms with Gasteiger partial charge in [-0.05, 0) is 25.2 Å². The van der Waals surface area contributed by atoms with E-state index in [9.17, 15) is 0 Å². The highest BCUT2D eigenvalue weighted by molar-refractivity contribution is 6.81. The van der Waals surface area contributed by atoms with Crippen molar-refractivity contribution in [3.05, 3.63) is 0 Å².